The van der Waals surface area contributed by atoms with Crippen molar-refractivity contribution < 1.29 is 21.9 Å². The van der Waals surface area contributed by atoms with Crippen molar-refractivity contribution in [2.45, 2.75) is 40.7 Å². The van der Waals surface area contributed by atoms with Gasteiger partial charge in [-0.05, 0) is 62.5 Å². The second-order valence-electron chi connectivity index (χ2n) is 9.34. The number of likely N-dealkylation sites (N-methyl/N-ethyl adjacent to an activating group) is 1. The lowest BCUT2D eigenvalue weighted by atomic mass is 9.90. The maximum Gasteiger partial charge on any atom is 0.242 e. The summed E-state index contributed by atoms with van der Waals surface area (Å²) in [5.41, 5.74) is -0.511. The standard InChI is InChI=1S/C19H31N9O5S2/c1-27(2)12-19(29)6-9-28(10-7-19)14-3-4-15(35(32,33)24-13-5-8-21-11-13)17(34(20,30)31)16(14)18-22-25-26-23-18/h3-4,13,21,24,29H,5-12H2,1-2H3,(H2,20,30,31)(H,22,23,25,26)/t13-/m1/s1. The third kappa shape index (κ3) is 5.63. The van der Waals surface area contributed by atoms with E-state index in [1.165, 1.54) is 12.1 Å². The van der Waals surface area contributed by atoms with Gasteiger partial charge in [-0.1, -0.05) is 0 Å². The number of nitrogens with zero attached hydrogens (tertiary/aromatic N) is 5. The number of rotatable bonds is 8. The summed E-state index contributed by atoms with van der Waals surface area (Å²) in [4.78, 5) is 2.73. The summed E-state index contributed by atoms with van der Waals surface area (Å²) < 4.78 is 54.8. The number of tetrazole rings is 1. The predicted molar refractivity (Wildman–Crippen MR) is 128 cm³/mol. The quantitative estimate of drug-likeness (QED) is 0.254. The molecule has 2 aromatic rings. The molecule has 1 atom stereocenters. The van der Waals surface area contributed by atoms with Gasteiger partial charge in [-0.2, -0.15) is 0 Å². The molecule has 1 aromatic carbocycles. The molecule has 2 aliphatic heterocycles. The molecule has 0 amide bonds. The fourth-order valence-electron chi connectivity index (χ4n) is 4.75. The highest BCUT2D eigenvalue weighted by Gasteiger charge is 2.37. The van der Waals surface area contributed by atoms with Crippen molar-refractivity contribution in [2.24, 2.45) is 5.14 Å². The van der Waals surface area contributed by atoms with Crippen LogP contribution in [0, 0.1) is 0 Å². The van der Waals surface area contributed by atoms with E-state index in [-0.39, 0.29) is 17.4 Å². The minimum atomic E-state index is -4.54. The minimum absolute atomic E-state index is 0.0250. The van der Waals surface area contributed by atoms with Gasteiger partial charge in [0.25, 0.3) is 0 Å². The molecule has 16 heteroatoms. The normalized spacial score (nSPS) is 21.1. The van der Waals surface area contributed by atoms with Gasteiger partial charge in [0.15, 0.2) is 5.82 Å². The van der Waals surface area contributed by atoms with Gasteiger partial charge in [0.2, 0.25) is 20.0 Å². The molecule has 2 saturated heterocycles. The molecule has 0 saturated carbocycles. The maximum absolute atomic E-state index is 13.3. The molecule has 4 rings (SSSR count). The fourth-order valence-corrected chi connectivity index (χ4v) is 7.63. The van der Waals surface area contributed by atoms with Crippen LogP contribution in [0.4, 0.5) is 5.69 Å². The minimum Gasteiger partial charge on any atom is -0.388 e. The van der Waals surface area contributed by atoms with Crippen molar-refractivity contribution in [1.29, 1.82) is 0 Å². The van der Waals surface area contributed by atoms with Crippen LogP contribution in [0.25, 0.3) is 11.4 Å². The number of nitrogens with one attached hydrogen (secondary N) is 3. The van der Waals surface area contributed by atoms with Crippen LogP contribution in [-0.2, 0) is 20.0 Å². The summed E-state index contributed by atoms with van der Waals surface area (Å²) >= 11 is 0. The highest BCUT2D eigenvalue weighted by atomic mass is 32.2. The Kier molecular flexibility index (Phi) is 7.16. The van der Waals surface area contributed by atoms with Crippen LogP contribution in [-0.4, -0.2) is 106 Å². The van der Waals surface area contributed by atoms with Crippen LogP contribution in [0.15, 0.2) is 21.9 Å². The molecular formula is C19H31N9O5S2. The van der Waals surface area contributed by atoms with Gasteiger partial charge in [-0.15, -0.1) is 5.10 Å². The lowest BCUT2D eigenvalue weighted by Crippen LogP contribution is -2.49. The van der Waals surface area contributed by atoms with Gasteiger partial charge < -0.3 is 20.2 Å². The second-order valence-corrected chi connectivity index (χ2v) is 12.5. The third-order valence-electron chi connectivity index (χ3n) is 6.28. The van der Waals surface area contributed by atoms with Crippen LogP contribution >= 0.6 is 0 Å². The van der Waals surface area contributed by atoms with Gasteiger partial charge in [-0.3, -0.25) is 0 Å². The Morgan fingerprint density at radius 1 is 1.26 bits per heavy atom. The van der Waals surface area contributed by atoms with Crippen LogP contribution in [0.1, 0.15) is 19.3 Å². The number of hydrogen-bond donors (Lipinski definition) is 5. The predicted octanol–water partition coefficient (Wildman–Crippen LogP) is -1.95. The molecule has 0 aliphatic carbocycles. The van der Waals surface area contributed by atoms with Gasteiger partial charge in [0.1, 0.15) is 9.79 Å². The summed E-state index contributed by atoms with van der Waals surface area (Å²) in [6.07, 6.45) is 1.44. The lowest BCUT2D eigenvalue weighted by molar-refractivity contribution is -0.00537. The number of primary sulfonamides is 1. The zero-order chi connectivity index (χ0) is 25.4. The van der Waals surface area contributed by atoms with E-state index in [0.29, 0.717) is 57.7 Å². The van der Waals surface area contributed by atoms with Crippen LogP contribution in [0.3, 0.4) is 0 Å². The number of aliphatic hydroxyl groups is 1. The van der Waals surface area contributed by atoms with E-state index in [9.17, 15) is 21.9 Å². The highest BCUT2D eigenvalue weighted by Crippen LogP contribution is 2.40. The Morgan fingerprint density at radius 3 is 2.51 bits per heavy atom. The number of hydrogen-bond acceptors (Lipinski definition) is 11. The van der Waals surface area contributed by atoms with Crippen molar-refractivity contribution in [3.05, 3.63) is 12.1 Å². The average molecular weight is 530 g/mol. The zero-order valence-corrected chi connectivity index (χ0v) is 21.2. The average Bonchev–Trinajstić information content (AvgIpc) is 3.46. The summed E-state index contributed by atoms with van der Waals surface area (Å²) in [5, 5.41) is 33.1. The van der Waals surface area contributed by atoms with E-state index < -0.39 is 35.4 Å². The van der Waals surface area contributed by atoms with Crippen molar-refractivity contribution in [2.75, 3.05) is 51.7 Å². The highest BCUT2D eigenvalue weighted by molar-refractivity contribution is 7.92. The van der Waals surface area contributed by atoms with Crippen molar-refractivity contribution in [3.63, 3.8) is 0 Å². The Balaban J connectivity index is 1.81. The number of nitrogens with two attached hydrogens (primary N) is 1. The van der Waals surface area contributed by atoms with Gasteiger partial charge in [0, 0.05) is 37.9 Å². The summed E-state index contributed by atoms with van der Waals surface area (Å²) in [6, 6.07) is 2.40. The van der Waals surface area contributed by atoms with E-state index in [1.54, 1.807) is 0 Å². The molecule has 0 unspecified atom stereocenters. The van der Waals surface area contributed by atoms with Crippen molar-refractivity contribution >= 4 is 25.7 Å². The first-order valence-electron chi connectivity index (χ1n) is 11.2. The first kappa shape index (κ1) is 25.9. The number of anilines is 1. The molecule has 3 heterocycles. The molecule has 0 spiro atoms. The third-order valence-corrected chi connectivity index (χ3v) is 8.97. The van der Waals surface area contributed by atoms with Gasteiger partial charge in [0.05, 0.1) is 11.2 Å². The Morgan fingerprint density at radius 2 is 1.97 bits per heavy atom. The Hall–Kier alpha value is -2.21. The molecule has 2 aliphatic rings. The number of aromatic nitrogens is 4. The van der Waals surface area contributed by atoms with Crippen molar-refractivity contribution in [1.82, 2.24) is 35.6 Å². The number of aromatic amines is 1. The number of benzene rings is 1. The number of H-pyrrole nitrogens is 1. The van der Waals surface area contributed by atoms with Crippen LogP contribution in [0.5, 0.6) is 0 Å². The molecule has 2 fully saturated rings. The van der Waals surface area contributed by atoms with Crippen LogP contribution in [0.2, 0.25) is 0 Å². The lowest BCUT2D eigenvalue weighted by Gasteiger charge is -2.41. The Labute approximate surface area is 204 Å². The summed E-state index contributed by atoms with van der Waals surface area (Å²) in [6.45, 7) is 2.38. The van der Waals surface area contributed by atoms with Gasteiger partial charge in [-0.25, -0.2) is 31.8 Å². The molecule has 6 N–H and O–H groups in total. The molecule has 0 bridgehead atoms. The zero-order valence-electron chi connectivity index (χ0n) is 19.6. The van der Waals surface area contributed by atoms with Gasteiger partial charge >= 0.3 is 0 Å². The van der Waals surface area contributed by atoms with E-state index in [1.807, 2.05) is 23.9 Å². The maximum atomic E-state index is 13.3. The Bertz CT molecular complexity index is 1250. The number of piperidine rings is 1. The van der Waals surface area contributed by atoms with Crippen LogP contribution < -0.4 is 20.1 Å². The second kappa shape index (κ2) is 9.68. The van der Waals surface area contributed by atoms with E-state index in [4.69, 9.17) is 5.14 Å². The smallest absolute Gasteiger partial charge is 0.242 e. The SMILES string of the molecule is CN(C)CC1(O)CCN(c2ccc(S(=O)(=O)N[C@@H]3CCNC3)c(S(N)(=O)=O)c2-c2nnn[nH]2)CC1. The number of sulfonamides is 2. The van der Waals surface area contributed by atoms with Crippen molar-refractivity contribution in [3.8, 4) is 11.4 Å². The first-order chi connectivity index (χ1) is 16.4. The first-order valence-corrected chi connectivity index (χ1v) is 14.2. The summed E-state index contributed by atoms with van der Waals surface area (Å²) in [5.74, 6) is -0.0299. The molecule has 14 nitrogen and oxygen atoms in total. The van der Waals surface area contributed by atoms with E-state index >= 15 is 0 Å². The summed E-state index contributed by atoms with van der Waals surface area (Å²) in [7, 11) is -5.02. The largest absolute Gasteiger partial charge is 0.388 e. The van der Waals surface area contributed by atoms with E-state index in [2.05, 4.69) is 30.7 Å². The molecular weight excluding hydrogens is 498 g/mol. The topological polar surface area (TPSA) is 200 Å². The molecule has 194 valence electrons. The molecule has 35 heavy (non-hydrogen) atoms. The molecule has 1 aromatic heterocycles. The molecule has 0 radical (unpaired) electrons. The monoisotopic (exact) mass is 529 g/mol. The fraction of sp³-hybridized carbons (Fsp3) is 0.632. The van der Waals surface area contributed by atoms with E-state index in [0.717, 1.165) is 0 Å².